The van der Waals surface area contributed by atoms with Crippen molar-refractivity contribution in [3.63, 3.8) is 0 Å². The molecule has 0 aliphatic heterocycles. The van der Waals surface area contributed by atoms with Gasteiger partial charge in [-0.3, -0.25) is 0 Å². The quantitative estimate of drug-likeness (QED) is 0.797. The smallest absolute Gasteiger partial charge is 0.129 e. The lowest BCUT2D eigenvalue weighted by molar-refractivity contribution is 0.302. The van der Waals surface area contributed by atoms with Gasteiger partial charge in [0.05, 0.1) is 12.2 Å². The summed E-state index contributed by atoms with van der Waals surface area (Å²) < 4.78 is 5.76. The Bertz CT molecular complexity index is 399. The lowest BCUT2D eigenvalue weighted by Crippen LogP contribution is -2.12. The molecule has 0 aromatic heterocycles. The number of nitrogens with two attached hydrogens (primary N) is 1. The number of aryl methyl sites for hydroxylation is 1. The molecule has 1 aromatic carbocycles. The SMILES string of the molecule is Cc1ccc(C(N)=S)c(OCCC2CC2)c1. The molecule has 0 spiro atoms. The zero-order valence-corrected chi connectivity index (χ0v) is 10.3. The zero-order chi connectivity index (χ0) is 11.5. The molecule has 0 radical (unpaired) electrons. The molecule has 1 aliphatic carbocycles. The normalized spacial score (nSPS) is 14.8. The summed E-state index contributed by atoms with van der Waals surface area (Å²) >= 11 is 5.00. The first-order valence-corrected chi connectivity index (χ1v) is 6.11. The fourth-order valence-corrected chi connectivity index (χ4v) is 1.86. The lowest BCUT2D eigenvalue weighted by atomic mass is 10.1. The molecule has 2 nitrogen and oxygen atoms in total. The number of hydrogen-bond donors (Lipinski definition) is 1. The molecule has 1 aliphatic rings. The summed E-state index contributed by atoms with van der Waals surface area (Å²) in [5.41, 5.74) is 7.67. The van der Waals surface area contributed by atoms with Crippen LogP contribution in [0.5, 0.6) is 5.75 Å². The van der Waals surface area contributed by atoms with Crippen LogP contribution < -0.4 is 10.5 Å². The summed E-state index contributed by atoms with van der Waals surface area (Å²) in [4.78, 5) is 0.404. The molecule has 1 fully saturated rings. The van der Waals surface area contributed by atoms with Crippen LogP contribution in [0.25, 0.3) is 0 Å². The minimum absolute atomic E-state index is 0.404. The monoisotopic (exact) mass is 235 g/mol. The second-order valence-electron chi connectivity index (χ2n) is 4.44. The standard InChI is InChI=1S/C13H17NOS/c1-9-2-5-11(13(14)16)12(8-9)15-7-6-10-3-4-10/h2,5,8,10H,3-4,6-7H2,1H3,(H2,14,16). The lowest BCUT2D eigenvalue weighted by Gasteiger charge is -2.11. The van der Waals surface area contributed by atoms with Gasteiger partial charge in [-0.25, -0.2) is 0 Å². The Balaban J connectivity index is 2.03. The van der Waals surface area contributed by atoms with Crippen LogP contribution in [0.3, 0.4) is 0 Å². The average molecular weight is 235 g/mol. The van der Waals surface area contributed by atoms with Crippen molar-refractivity contribution in [2.24, 2.45) is 11.7 Å². The van der Waals surface area contributed by atoms with Crippen LogP contribution in [-0.2, 0) is 0 Å². The van der Waals surface area contributed by atoms with Crippen LogP contribution >= 0.6 is 12.2 Å². The van der Waals surface area contributed by atoms with Gasteiger partial charge in [-0.05, 0) is 37.0 Å². The van der Waals surface area contributed by atoms with Crippen molar-refractivity contribution in [2.75, 3.05) is 6.61 Å². The van der Waals surface area contributed by atoms with E-state index in [2.05, 4.69) is 0 Å². The highest BCUT2D eigenvalue weighted by Crippen LogP contribution is 2.32. The second-order valence-corrected chi connectivity index (χ2v) is 4.88. The molecule has 86 valence electrons. The van der Waals surface area contributed by atoms with Gasteiger partial charge in [-0.2, -0.15) is 0 Å². The van der Waals surface area contributed by atoms with Gasteiger partial charge >= 0.3 is 0 Å². The number of ether oxygens (including phenoxy) is 1. The van der Waals surface area contributed by atoms with Crippen molar-refractivity contribution in [3.8, 4) is 5.75 Å². The number of rotatable bonds is 5. The van der Waals surface area contributed by atoms with Crippen LogP contribution in [0.2, 0.25) is 0 Å². The van der Waals surface area contributed by atoms with Gasteiger partial charge < -0.3 is 10.5 Å². The number of hydrogen-bond acceptors (Lipinski definition) is 2. The molecule has 3 heteroatoms. The molecule has 0 atom stereocenters. The maximum Gasteiger partial charge on any atom is 0.129 e. The minimum atomic E-state index is 0.404. The van der Waals surface area contributed by atoms with E-state index in [4.69, 9.17) is 22.7 Å². The van der Waals surface area contributed by atoms with Gasteiger partial charge in [-0.15, -0.1) is 0 Å². The molecule has 2 rings (SSSR count). The van der Waals surface area contributed by atoms with Crippen LogP contribution in [-0.4, -0.2) is 11.6 Å². The molecule has 0 amide bonds. The van der Waals surface area contributed by atoms with Crippen LogP contribution in [0.4, 0.5) is 0 Å². The number of benzene rings is 1. The van der Waals surface area contributed by atoms with Crippen molar-refractivity contribution in [1.29, 1.82) is 0 Å². The van der Waals surface area contributed by atoms with Gasteiger partial charge in [-0.1, -0.05) is 31.1 Å². The van der Waals surface area contributed by atoms with Crippen LogP contribution in [0.1, 0.15) is 30.4 Å². The average Bonchev–Trinajstić information content (AvgIpc) is 3.01. The van der Waals surface area contributed by atoms with E-state index in [0.717, 1.165) is 30.3 Å². The zero-order valence-electron chi connectivity index (χ0n) is 9.53. The first-order valence-electron chi connectivity index (χ1n) is 5.70. The Hall–Kier alpha value is -1.09. The summed E-state index contributed by atoms with van der Waals surface area (Å²) in [5.74, 6) is 1.71. The molecular weight excluding hydrogens is 218 g/mol. The van der Waals surface area contributed by atoms with Crippen molar-refractivity contribution < 1.29 is 4.74 Å². The summed E-state index contributed by atoms with van der Waals surface area (Å²) in [6.07, 6.45) is 3.86. The van der Waals surface area contributed by atoms with E-state index in [1.165, 1.54) is 18.4 Å². The highest BCUT2D eigenvalue weighted by atomic mass is 32.1. The number of thiocarbonyl (C=S) groups is 1. The van der Waals surface area contributed by atoms with Crippen LogP contribution in [0, 0.1) is 12.8 Å². The Morgan fingerprint density at radius 3 is 2.88 bits per heavy atom. The molecule has 1 saturated carbocycles. The maximum atomic E-state index is 5.76. The van der Waals surface area contributed by atoms with E-state index in [-0.39, 0.29) is 0 Å². The second kappa shape index (κ2) is 4.83. The van der Waals surface area contributed by atoms with E-state index in [1.807, 2.05) is 25.1 Å². The largest absolute Gasteiger partial charge is 0.493 e. The molecule has 0 saturated heterocycles. The third-order valence-electron chi connectivity index (χ3n) is 2.88. The molecule has 2 N–H and O–H groups in total. The van der Waals surface area contributed by atoms with E-state index in [9.17, 15) is 0 Å². The molecule has 0 bridgehead atoms. The summed E-state index contributed by atoms with van der Waals surface area (Å²) in [5, 5.41) is 0. The van der Waals surface area contributed by atoms with Gasteiger partial charge in [0, 0.05) is 0 Å². The van der Waals surface area contributed by atoms with Gasteiger partial charge in [0.2, 0.25) is 0 Å². The third kappa shape index (κ3) is 2.95. The highest BCUT2D eigenvalue weighted by molar-refractivity contribution is 7.80. The Kier molecular flexibility index (Phi) is 3.44. The predicted octanol–water partition coefficient (Wildman–Crippen LogP) is 2.81. The van der Waals surface area contributed by atoms with E-state index in [1.54, 1.807) is 0 Å². The predicted molar refractivity (Wildman–Crippen MR) is 69.9 cm³/mol. The van der Waals surface area contributed by atoms with Gasteiger partial charge in [0.1, 0.15) is 10.7 Å². The third-order valence-corrected chi connectivity index (χ3v) is 3.10. The van der Waals surface area contributed by atoms with E-state index in [0.29, 0.717) is 4.99 Å². The first-order chi connectivity index (χ1) is 7.66. The summed E-state index contributed by atoms with van der Waals surface area (Å²) in [6, 6.07) is 5.94. The first kappa shape index (κ1) is 11.4. The Morgan fingerprint density at radius 2 is 2.25 bits per heavy atom. The Labute approximate surface area is 102 Å². The molecule has 0 heterocycles. The van der Waals surface area contributed by atoms with E-state index >= 15 is 0 Å². The minimum Gasteiger partial charge on any atom is -0.493 e. The van der Waals surface area contributed by atoms with Crippen molar-refractivity contribution in [3.05, 3.63) is 29.3 Å². The molecule has 0 unspecified atom stereocenters. The maximum absolute atomic E-state index is 5.76. The molecule has 1 aromatic rings. The highest BCUT2D eigenvalue weighted by Gasteiger charge is 2.20. The summed E-state index contributed by atoms with van der Waals surface area (Å²) in [7, 11) is 0. The van der Waals surface area contributed by atoms with Crippen molar-refractivity contribution in [2.45, 2.75) is 26.2 Å². The van der Waals surface area contributed by atoms with Crippen molar-refractivity contribution in [1.82, 2.24) is 0 Å². The van der Waals surface area contributed by atoms with Crippen LogP contribution in [0.15, 0.2) is 18.2 Å². The van der Waals surface area contributed by atoms with Crippen molar-refractivity contribution >= 4 is 17.2 Å². The summed E-state index contributed by atoms with van der Waals surface area (Å²) in [6.45, 7) is 2.81. The molecular formula is C13H17NOS. The fourth-order valence-electron chi connectivity index (χ4n) is 1.69. The molecule has 16 heavy (non-hydrogen) atoms. The van der Waals surface area contributed by atoms with E-state index < -0.39 is 0 Å². The topological polar surface area (TPSA) is 35.2 Å². The van der Waals surface area contributed by atoms with Gasteiger partial charge in [0.25, 0.3) is 0 Å². The Morgan fingerprint density at radius 1 is 1.50 bits per heavy atom. The van der Waals surface area contributed by atoms with Gasteiger partial charge in [0.15, 0.2) is 0 Å². The fraction of sp³-hybridized carbons (Fsp3) is 0.462.